The number of amides is 2. The molecule has 1 fully saturated rings. The molecule has 2 rings (SSSR count). The number of anilines is 1. The van der Waals surface area contributed by atoms with E-state index in [1.54, 1.807) is 0 Å². The zero-order valence-corrected chi connectivity index (χ0v) is 16.4. The van der Waals surface area contributed by atoms with Crippen molar-refractivity contribution in [3.8, 4) is 0 Å². The van der Waals surface area contributed by atoms with E-state index in [0.29, 0.717) is 13.1 Å². The summed E-state index contributed by atoms with van der Waals surface area (Å²) in [5.41, 5.74) is 3.21. The minimum atomic E-state index is 0.0643. The van der Waals surface area contributed by atoms with Crippen molar-refractivity contribution >= 4 is 17.5 Å². The van der Waals surface area contributed by atoms with E-state index in [1.165, 1.54) is 15.4 Å². The minimum Gasteiger partial charge on any atom is -0.351 e. The third kappa shape index (κ3) is 6.42. The first-order chi connectivity index (χ1) is 12.5. The van der Waals surface area contributed by atoms with Gasteiger partial charge >= 0.3 is 0 Å². The van der Waals surface area contributed by atoms with Crippen LogP contribution in [0, 0.1) is 13.8 Å². The van der Waals surface area contributed by atoms with Crippen molar-refractivity contribution in [2.45, 2.75) is 33.6 Å². The number of carbonyl (C=O) groups is 2. The second-order valence-corrected chi connectivity index (χ2v) is 7.35. The zero-order valence-electron chi connectivity index (χ0n) is 16.4. The molecule has 0 unspecified atom stereocenters. The standard InChI is InChI=1S/C20H32N4O2/c1-4-5-9-21-19(25)14-23-10-12-24(13-11-23)15-20(26)22-18-8-6-7-16(2)17(18)3/h6-8H,4-5,9-15H2,1-3H3,(H,21,25)(H,22,26)/p+2. The third-order valence-electron chi connectivity index (χ3n) is 5.22. The number of nitrogens with one attached hydrogen (secondary N) is 4. The predicted molar refractivity (Wildman–Crippen MR) is 104 cm³/mol. The van der Waals surface area contributed by atoms with Gasteiger partial charge in [0.05, 0.1) is 0 Å². The van der Waals surface area contributed by atoms with Crippen molar-refractivity contribution in [1.82, 2.24) is 5.32 Å². The highest BCUT2D eigenvalue weighted by atomic mass is 16.2. The monoisotopic (exact) mass is 362 g/mol. The number of aryl methyl sites for hydroxylation is 1. The van der Waals surface area contributed by atoms with Gasteiger partial charge in [0.25, 0.3) is 11.8 Å². The van der Waals surface area contributed by atoms with E-state index in [9.17, 15) is 9.59 Å². The van der Waals surface area contributed by atoms with E-state index in [-0.39, 0.29) is 11.8 Å². The topological polar surface area (TPSA) is 67.1 Å². The molecular formula is C20H34N4O2+2. The summed E-state index contributed by atoms with van der Waals surface area (Å²) < 4.78 is 0. The Hall–Kier alpha value is -1.92. The Morgan fingerprint density at radius 3 is 2.23 bits per heavy atom. The van der Waals surface area contributed by atoms with E-state index in [0.717, 1.165) is 56.8 Å². The molecule has 0 aliphatic carbocycles. The Balaban J connectivity index is 1.70. The number of piperazine rings is 1. The van der Waals surface area contributed by atoms with Gasteiger partial charge in [-0.1, -0.05) is 25.5 Å². The van der Waals surface area contributed by atoms with Crippen LogP contribution in [0.25, 0.3) is 0 Å². The van der Waals surface area contributed by atoms with Crippen molar-refractivity contribution in [2.75, 3.05) is 51.1 Å². The smallest absolute Gasteiger partial charge is 0.279 e. The summed E-state index contributed by atoms with van der Waals surface area (Å²) in [6.45, 7) is 11.8. The second-order valence-electron chi connectivity index (χ2n) is 7.35. The van der Waals surface area contributed by atoms with Crippen LogP contribution in [0.2, 0.25) is 0 Å². The van der Waals surface area contributed by atoms with Gasteiger partial charge in [-0.25, -0.2) is 0 Å². The summed E-state index contributed by atoms with van der Waals surface area (Å²) in [6, 6.07) is 5.98. The number of rotatable bonds is 8. The van der Waals surface area contributed by atoms with E-state index in [1.807, 2.05) is 19.1 Å². The number of benzene rings is 1. The number of unbranched alkanes of at least 4 members (excludes halogenated alkanes) is 1. The maximum atomic E-state index is 12.3. The van der Waals surface area contributed by atoms with Gasteiger partial charge in [0, 0.05) is 12.2 Å². The molecule has 1 saturated heterocycles. The van der Waals surface area contributed by atoms with Gasteiger partial charge in [-0.2, -0.15) is 0 Å². The Kier molecular flexibility index (Phi) is 8.06. The van der Waals surface area contributed by atoms with Crippen LogP contribution < -0.4 is 20.4 Å². The molecule has 1 aromatic carbocycles. The fourth-order valence-electron chi connectivity index (χ4n) is 3.31. The number of carbonyl (C=O) groups excluding carboxylic acids is 2. The molecule has 26 heavy (non-hydrogen) atoms. The SMILES string of the molecule is CCCCNC(=O)C[NH+]1CC[NH+](CC(=O)Nc2cccc(C)c2C)CC1. The highest BCUT2D eigenvalue weighted by Gasteiger charge is 2.26. The Morgan fingerprint density at radius 1 is 1.00 bits per heavy atom. The molecule has 0 spiro atoms. The maximum absolute atomic E-state index is 12.3. The fraction of sp³-hybridized carbons (Fsp3) is 0.600. The Morgan fingerprint density at radius 2 is 1.62 bits per heavy atom. The maximum Gasteiger partial charge on any atom is 0.279 e. The lowest BCUT2D eigenvalue weighted by atomic mass is 10.1. The average molecular weight is 363 g/mol. The molecule has 144 valence electrons. The van der Waals surface area contributed by atoms with Crippen molar-refractivity contribution in [3.63, 3.8) is 0 Å². The molecule has 2 amide bonds. The summed E-state index contributed by atoms with van der Waals surface area (Å²) in [5, 5.41) is 6.02. The lowest BCUT2D eigenvalue weighted by molar-refractivity contribution is -1.00. The number of quaternary nitrogens is 2. The largest absolute Gasteiger partial charge is 0.351 e. The average Bonchev–Trinajstić information content (AvgIpc) is 2.61. The van der Waals surface area contributed by atoms with Crippen LogP contribution in [0.3, 0.4) is 0 Å². The molecule has 1 aliphatic rings. The van der Waals surface area contributed by atoms with Crippen molar-refractivity contribution in [1.29, 1.82) is 0 Å². The lowest BCUT2D eigenvalue weighted by Gasteiger charge is -2.29. The van der Waals surface area contributed by atoms with Crippen molar-refractivity contribution < 1.29 is 19.4 Å². The Bertz CT molecular complexity index is 610. The summed E-state index contributed by atoms with van der Waals surface area (Å²) in [7, 11) is 0. The van der Waals surface area contributed by atoms with Crippen molar-refractivity contribution in [3.05, 3.63) is 29.3 Å². The van der Waals surface area contributed by atoms with Crippen LogP contribution in [0.5, 0.6) is 0 Å². The fourth-order valence-corrected chi connectivity index (χ4v) is 3.31. The van der Waals surface area contributed by atoms with Gasteiger partial charge in [-0.05, 0) is 37.5 Å². The van der Waals surface area contributed by atoms with E-state index < -0.39 is 0 Å². The highest BCUT2D eigenvalue weighted by Crippen LogP contribution is 2.17. The van der Waals surface area contributed by atoms with Crippen LogP contribution in [-0.4, -0.2) is 57.6 Å². The van der Waals surface area contributed by atoms with Crippen LogP contribution in [0.15, 0.2) is 18.2 Å². The number of hydrogen-bond acceptors (Lipinski definition) is 2. The predicted octanol–water partition coefficient (Wildman–Crippen LogP) is -1.06. The molecule has 0 aromatic heterocycles. The van der Waals surface area contributed by atoms with Crippen LogP contribution in [0.4, 0.5) is 5.69 Å². The number of hydrogen-bond donors (Lipinski definition) is 4. The van der Waals surface area contributed by atoms with Crippen LogP contribution in [0.1, 0.15) is 30.9 Å². The van der Waals surface area contributed by atoms with Gasteiger partial charge in [0.1, 0.15) is 26.2 Å². The van der Waals surface area contributed by atoms with E-state index >= 15 is 0 Å². The van der Waals surface area contributed by atoms with E-state index in [2.05, 4.69) is 30.5 Å². The Labute approximate surface area is 156 Å². The molecule has 0 bridgehead atoms. The molecule has 0 saturated carbocycles. The molecule has 1 heterocycles. The van der Waals surface area contributed by atoms with Gasteiger partial charge in [0.2, 0.25) is 0 Å². The molecular weight excluding hydrogens is 328 g/mol. The molecule has 1 aliphatic heterocycles. The van der Waals surface area contributed by atoms with Gasteiger partial charge in [-0.3, -0.25) is 9.59 Å². The first-order valence-corrected chi connectivity index (χ1v) is 9.79. The van der Waals surface area contributed by atoms with Crippen LogP contribution in [-0.2, 0) is 9.59 Å². The minimum absolute atomic E-state index is 0.0643. The van der Waals surface area contributed by atoms with Gasteiger partial charge < -0.3 is 20.4 Å². The second kappa shape index (κ2) is 10.3. The highest BCUT2D eigenvalue weighted by molar-refractivity contribution is 5.92. The summed E-state index contributed by atoms with van der Waals surface area (Å²) >= 11 is 0. The van der Waals surface area contributed by atoms with Crippen molar-refractivity contribution in [2.24, 2.45) is 0 Å². The first kappa shape index (κ1) is 20.4. The van der Waals surface area contributed by atoms with Crippen LogP contribution >= 0.6 is 0 Å². The molecule has 4 N–H and O–H groups in total. The quantitative estimate of drug-likeness (QED) is 0.446. The van der Waals surface area contributed by atoms with Gasteiger partial charge in [0.15, 0.2) is 13.1 Å². The third-order valence-corrected chi connectivity index (χ3v) is 5.22. The summed E-state index contributed by atoms with van der Waals surface area (Å²) in [5.74, 6) is 0.207. The first-order valence-electron chi connectivity index (χ1n) is 9.79. The lowest BCUT2D eigenvalue weighted by Crippen LogP contribution is -3.28. The van der Waals surface area contributed by atoms with Gasteiger partial charge in [-0.15, -0.1) is 0 Å². The summed E-state index contributed by atoms with van der Waals surface area (Å²) in [6.07, 6.45) is 2.13. The molecule has 6 heteroatoms. The molecule has 6 nitrogen and oxygen atoms in total. The normalized spacial score (nSPS) is 19.8. The summed E-state index contributed by atoms with van der Waals surface area (Å²) in [4.78, 5) is 26.9. The zero-order chi connectivity index (χ0) is 18.9. The molecule has 1 aromatic rings. The van der Waals surface area contributed by atoms with E-state index in [4.69, 9.17) is 0 Å². The molecule has 0 radical (unpaired) electrons. The molecule has 0 atom stereocenters.